The van der Waals surface area contributed by atoms with Gasteiger partial charge in [-0.3, -0.25) is 4.79 Å². The van der Waals surface area contributed by atoms with Crippen molar-refractivity contribution < 1.29 is 19.4 Å². The highest BCUT2D eigenvalue weighted by molar-refractivity contribution is 6.03. The van der Waals surface area contributed by atoms with Gasteiger partial charge >= 0.3 is 0 Å². The first kappa shape index (κ1) is 14.4. The fourth-order valence-corrected chi connectivity index (χ4v) is 2.57. The Labute approximate surface area is 129 Å². The van der Waals surface area contributed by atoms with Gasteiger partial charge in [0, 0.05) is 12.1 Å². The van der Waals surface area contributed by atoms with Crippen LogP contribution in [0.2, 0.25) is 0 Å². The number of hydrogen-bond acceptors (Lipinski definition) is 4. The molecule has 2 aromatic rings. The second kappa shape index (κ2) is 5.37. The molecule has 0 radical (unpaired) electrons. The Morgan fingerprint density at radius 1 is 1.23 bits per heavy atom. The van der Waals surface area contributed by atoms with Crippen LogP contribution in [-0.2, 0) is 6.61 Å². The molecule has 0 saturated heterocycles. The molecule has 3 rings (SSSR count). The van der Waals surface area contributed by atoms with E-state index in [1.807, 2.05) is 44.2 Å². The number of ketones is 1. The third kappa shape index (κ3) is 2.91. The van der Waals surface area contributed by atoms with Crippen molar-refractivity contribution in [1.82, 2.24) is 0 Å². The van der Waals surface area contributed by atoms with Crippen LogP contribution in [0.15, 0.2) is 42.5 Å². The van der Waals surface area contributed by atoms with Crippen molar-refractivity contribution in [3.63, 3.8) is 0 Å². The first-order chi connectivity index (χ1) is 10.4. The predicted octanol–water partition coefficient (Wildman–Crippen LogP) is 3.72. The van der Waals surface area contributed by atoms with Gasteiger partial charge in [-0.2, -0.15) is 0 Å². The van der Waals surface area contributed by atoms with Crippen molar-refractivity contribution in [1.29, 1.82) is 0 Å². The lowest BCUT2D eigenvalue weighted by molar-refractivity contribution is 0.0612. The van der Waals surface area contributed by atoms with Crippen molar-refractivity contribution >= 4 is 5.78 Å². The number of Topliss-reactive ketones (excluding diaryl/α,β-unsaturated/α-hetero) is 1. The largest absolute Gasteiger partial charge is 0.507 e. The van der Waals surface area contributed by atoms with E-state index in [4.69, 9.17) is 9.47 Å². The Kier molecular flexibility index (Phi) is 3.53. The highest BCUT2D eigenvalue weighted by Crippen LogP contribution is 2.41. The van der Waals surface area contributed by atoms with Crippen LogP contribution in [0, 0.1) is 0 Å². The molecule has 0 fully saturated rings. The molecular weight excluding hydrogens is 280 g/mol. The summed E-state index contributed by atoms with van der Waals surface area (Å²) < 4.78 is 11.5. The van der Waals surface area contributed by atoms with Gasteiger partial charge in [0.15, 0.2) is 5.78 Å². The molecule has 4 nitrogen and oxygen atoms in total. The SMILES string of the molecule is CC1(C)CC(=O)c2c(O)cc(OCc3ccccc3)cc2O1. The van der Waals surface area contributed by atoms with Crippen LogP contribution in [0.4, 0.5) is 0 Å². The van der Waals surface area contributed by atoms with Gasteiger partial charge in [-0.25, -0.2) is 0 Å². The Morgan fingerprint density at radius 2 is 1.95 bits per heavy atom. The van der Waals surface area contributed by atoms with Crippen LogP contribution in [0.5, 0.6) is 17.2 Å². The third-order valence-electron chi connectivity index (χ3n) is 3.55. The van der Waals surface area contributed by atoms with Gasteiger partial charge < -0.3 is 14.6 Å². The molecule has 22 heavy (non-hydrogen) atoms. The maximum absolute atomic E-state index is 12.1. The van der Waals surface area contributed by atoms with Gasteiger partial charge in [0.25, 0.3) is 0 Å². The van der Waals surface area contributed by atoms with Gasteiger partial charge in [-0.15, -0.1) is 0 Å². The van der Waals surface area contributed by atoms with E-state index in [1.165, 1.54) is 6.07 Å². The number of rotatable bonds is 3. The lowest BCUT2D eigenvalue weighted by Crippen LogP contribution is -2.35. The van der Waals surface area contributed by atoms with Gasteiger partial charge in [0.1, 0.15) is 35.0 Å². The minimum atomic E-state index is -0.575. The second-order valence-corrected chi connectivity index (χ2v) is 6.05. The van der Waals surface area contributed by atoms with Crippen molar-refractivity contribution in [2.24, 2.45) is 0 Å². The van der Waals surface area contributed by atoms with Gasteiger partial charge in [-0.1, -0.05) is 30.3 Å². The molecule has 4 heteroatoms. The summed E-state index contributed by atoms with van der Waals surface area (Å²) in [5, 5.41) is 10.1. The normalized spacial score (nSPS) is 15.8. The topological polar surface area (TPSA) is 55.8 Å². The molecule has 114 valence electrons. The van der Waals surface area contributed by atoms with Gasteiger partial charge in [0.2, 0.25) is 0 Å². The molecule has 0 bridgehead atoms. The Morgan fingerprint density at radius 3 is 2.68 bits per heavy atom. The molecule has 1 aliphatic heterocycles. The van der Waals surface area contributed by atoms with Crippen LogP contribution in [0.1, 0.15) is 36.2 Å². The molecule has 0 atom stereocenters. The van der Waals surface area contributed by atoms with Gasteiger partial charge in [-0.05, 0) is 19.4 Å². The number of ether oxygens (including phenoxy) is 2. The first-order valence-electron chi connectivity index (χ1n) is 7.20. The van der Waals surface area contributed by atoms with Crippen molar-refractivity contribution in [3.05, 3.63) is 53.6 Å². The molecule has 0 spiro atoms. The fraction of sp³-hybridized carbons (Fsp3) is 0.278. The van der Waals surface area contributed by atoms with Crippen LogP contribution in [0.25, 0.3) is 0 Å². The average Bonchev–Trinajstić information content (AvgIpc) is 2.44. The summed E-state index contributed by atoms with van der Waals surface area (Å²) in [6.45, 7) is 4.08. The number of phenols is 1. The molecule has 0 amide bonds. The zero-order chi connectivity index (χ0) is 15.7. The number of phenolic OH excluding ortho intramolecular Hbond substituents is 1. The molecule has 1 N–H and O–H groups in total. The summed E-state index contributed by atoms with van der Waals surface area (Å²) in [4.78, 5) is 12.1. The highest BCUT2D eigenvalue weighted by Gasteiger charge is 2.34. The zero-order valence-electron chi connectivity index (χ0n) is 12.6. The smallest absolute Gasteiger partial charge is 0.174 e. The van der Waals surface area contributed by atoms with Crippen molar-refractivity contribution in [2.45, 2.75) is 32.5 Å². The van der Waals surface area contributed by atoms with Crippen LogP contribution >= 0.6 is 0 Å². The summed E-state index contributed by atoms with van der Waals surface area (Å²) in [5.41, 5.74) is 0.692. The number of hydrogen-bond donors (Lipinski definition) is 1. The van der Waals surface area contributed by atoms with E-state index in [-0.39, 0.29) is 23.5 Å². The molecule has 1 heterocycles. The number of aromatic hydroxyl groups is 1. The van der Waals surface area contributed by atoms with Crippen molar-refractivity contribution in [3.8, 4) is 17.2 Å². The molecule has 1 aliphatic rings. The Hall–Kier alpha value is -2.49. The zero-order valence-corrected chi connectivity index (χ0v) is 12.6. The first-order valence-corrected chi connectivity index (χ1v) is 7.20. The summed E-state index contributed by atoms with van der Waals surface area (Å²) in [5.74, 6) is 0.648. The number of benzene rings is 2. The van der Waals surface area contributed by atoms with Crippen LogP contribution < -0.4 is 9.47 Å². The van der Waals surface area contributed by atoms with Crippen LogP contribution in [-0.4, -0.2) is 16.5 Å². The monoisotopic (exact) mass is 298 g/mol. The maximum atomic E-state index is 12.1. The molecule has 2 aromatic carbocycles. The average molecular weight is 298 g/mol. The van der Waals surface area contributed by atoms with Gasteiger partial charge in [0.05, 0.1) is 6.42 Å². The summed E-state index contributed by atoms with van der Waals surface area (Å²) in [6, 6.07) is 12.9. The van der Waals surface area contributed by atoms with E-state index in [9.17, 15) is 9.90 Å². The van der Waals surface area contributed by atoms with E-state index >= 15 is 0 Å². The van der Waals surface area contributed by atoms with E-state index in [1.54, 1.807) is 6.07 Å². The number of carbonyl (C=O) groups is 1. The molecular formula is C18H18O4. The molecule has 0 aromatic heterocycles. The number of fused-ring (bicyclic) bond motifs is 1. The quantitative estimate of drug-likeness (QED) is 0.938. The fourth-order valence-electron chi connectivity index (χ4n) is 2.57. The predicted molar refractivity (Wildman–Crippen MR) is 82.5 cm³/mol. The minimum absolute atomic E-state index is 0.0962. The van der Waals surface area contributed by atoms with E-state index < -0.39 is 5.60 Å². The summed E-state index contributed by atoms with van der Waals surface area (Å²) in [7, 11) is 0. The molecule has 0 unspecified atom stereocenters. The van der Waals surface area contributed by atoms with E-state index in [2.05, 4.69) is 0 Å². The van der Waals surface area contributed by atoms with Crippen molar-refractivity contribution in [2.75, 3.05) is 0 Å². The lowest BCUT2D eigenvalue weighted by Gasteiger charge is -2.32. The lowest BCUT2D eigenvalue weighted by atomic mass is 9.92. The Bertz CT molecular complexity index is 705. The summed E-state index contributed by atoms with van der Waals surface area (Å²) >= 11 is 0. The number of carbonyl (C=O) groups excluding carboxylic acids is 1. The molecule has 0 aliphatic carbocycles. The third-order valence-corrected chi connectivity index (χ3v) is 3.55. The highest BCUT2D eigenvalue weighted by atomic mass is 16.5. The standard InChI is InChI=1S/C18H18O4/c1-18(2)10-15(20)17-14(19)8-13(9-16(17)22-18)21-11-12-6-4-3-5-7-12/h3-9,19H,10-11H2,1-2H3. The maximum Gasteiger partial charge on any atom is 0.174 e. The van der Waals surface area contributed by atoms with Crippen LogP contribution in [0.3, 0.4) is 0 Å². The Balaban J connectivity index is 1.86. The summed E-state index contributed by atoms with van der Waals surface area (Å²) in [6.07, 6.45) is 0.248. The van der Waals surface area contributed by atoms with E-state index in [0.717, 1.165) is 5.56 Å². The second-order valence-electron chi connectivity index (χ2n) is 6.05. The molecule has 0 saturated carbocycles. The van der Waals surface area contributed by atoms with E-state index in [0.29, 0.717) is 18.1 Å². The minimum Gasteiger partial charge on any atom is -0.507 e.